The maximum Gasteiger partial charge on any atom is 0.317 e. The molecule has 0 aromatic heterocycles. The van der Waals surface area contributed by atoms with Gasteiger partial charge in [0, 0.05) is 0 Å². The van der Waals surface area contributed by atoms with E-state index in [4.69, 9.17) is 25.9 Å². The molecule has 6 unspecified atom stereocenters. The van der Waals surface area contributed by atoms with E-state index < -0.39 is 35.0 Å². The van der Waals surface area contributed by atoms with Crippen LogP contribution in [0.1, 0.15) is 51.4 Å². The number of epoxide rings is 2. The van der Waals surface area contributed by atoms with Crippen LogP contribution in [0.25, 0.3) is 0 Å². The highest BCUT2D eigenvalue weighted by Crippen LogP contribution is 2.43. The lowest BCUT2D eigenvalue weighted by Gasteiger charge is -2.45. The zero-order valence-corrected chi connectivity index (χ0v) is 24.2. The minimum Gasteiger partial charge on any atom is -0.418 e. The van der Waals surface area contributed by atoms with Gasteiger partial charge in [0.2, 0.25) is 0 Å². The highest BCUT2D eigenvalue weighted by molar-refractivity contribution is 6.89. The Morgan fingerprint density at radius 3 is 1.71 bits per heavy atom. The van der Waals surface area contributed by atoms with Crippen molar-refractivity contribution in [3.8, 4) is 0 Å². The van der Waals surface area contributed by atoms with E-state index in [1.807, 2.05) is 0 Å². The molecule has 6 nitrogen and oxygen atoms in total. The predicted octanol–water partition coefficient (Wildman–Crippen LogP) is 4.68. The van der Waals surface area contributed by atoms with E-state index in [0.717, 1.165) is 23.9 Å². The normalized spacial score (nSPS) is 48.1. The average molecular weight is 503 g/mol. The first kappa shape index (κ1) is 23.4. The fraction of sp³-hybridized carbons (Fsp3) is 1.00. The predicted molar refractivity (Wildman–Crippen MR) is 129 cm³/mol. The summed E-state index contributed by atoms with van der Waals surface area (Å²) in [6, 6.07) is 2.12. The number of rotatable bonds is 6. The molecule has 0 radical (unpaired) electrons. The SMILES string of the molecule is C[Si]1(C)O[SiH](CCC2CCC3OC3C2)O[Si](C)(C)O[Si](C)(CCC2CCC3OC3C2)O1. The molecule has 5 fully saturated rings. The number of fused-ring (bicyclic) bond motifs is 2. The molecular weight excluding hydrogens is 461 g/mol. The topological polar surface area (TPSA) is 62.0 Å². The summed E-state index contributed by atoms with van der Waals surface area (Å²) >= 11 is 0. The Bertz CT molecular complexity index is 644. The highest BCUT2D eigenvalue weighted by atomic mass is 28.5. The Hall–Kier alpha value is 0.628. The third kappa shape index (κ3) is 6.20. The van der Waals surface area contributed by atoms with E-state index in [1.165, 1.54) is 51.4 Å². The van der Waals surface area contributed by atoms with Crippen LogP contribution in [0.5, 0.6) is 0 Å². The minimum atomic E-state index is -2.33. The second-order valence-electron chi connectivity index (χ2n) is 11.7. The molecule has 0 N–H and O–H groups in total. The van der Waals surface area contributed by atoms with Gasteiger partial charge in [0.1, 0.15) is 0 Å². The van der Waals surface area contributed by atoms with Gasteiger partial charge in [-0.2, -0.15) is 0 Å². The zero-order chi connectivity index (χ0) is 21.9. The van der Waals surface area contributed by atoms with Gasteiger partial charge in [0.15, 0.2) is 0 Å². The summed E-state index contributed by atoms with van der Waals surface area (Å²) in [5.41, 5.74) is 0. The molecule has 3 saturated heterocycles. The van der Waals surface area contributed by atoms with Crippen molar-refractivity contribution in [2.24, 2.45) is 11.8 Å². The van der Waals surface area contributed by atoms with Crippen LogP contribution in [0.4, 0.5) is 0 Å². The first-order valence-electron chi connectivity index (χ1n) is 12.6. The van der Waals surface area contributed by atoms with Crippen LogP contribution in [0.2, 0.25) is 44.8 Å². The minimum absolute atomic E-state index is 0.545. The van der Waals surface area contributed by atoms with Crippen LogP contribution in [-0.2, 0) is 25.9 Å². The lowest BCUT2D eigenvalue weighted by molar-refractivity contribution is 0.236. The number of hydrogen-bond acceptors (Lipinski definition) is 6. The Labute approximate surface area is 193 Å². The van der Waals surface area contributed by atoms with Gasteiger partial charge >= 0.3 is 35.0 Å². The van der Waals surface area contributed by atoms with Crippen LogP contribution in [0, 0.1) is 11.8 Å². The molecule has 0 aromatic rings. The first-order valence-corrected chi connectivity index (χ1v) is 22.6. The van der Waals surface area contributed by atoms with E-state index in [-0.39, 0.29) is 0 Å². The molecule has 2 aliphatic carbocycles. The summed E-state index contributed by atoms with van der Waals surface area (Å²) in [5.74, 6) is 1.53. The van der Waals surface area contributed by atoms with E-state index >= 15 is 0 Å². The zero-order valence-electron chi connectivity index (χ0n) is 20.1. The summed E-state index contributed by atoms with van der Waals surface area (Å²) in [7, 11) is -8.67. The lowest BCUT2D eigenvalue weighted by Crippen LogP contribution is -2.62. The summed E-state index contributed by atoms with van der Waals surface area (Å²) in [6.45, 7) is 11.1. The molecule has 0 amide bonds. The van der Waals surface area contributed by atoms with Crippen LogP contribution < -0.4 is 0 Å². The second kappa shape index (κ2) is 8.69. The molecule has 5 rings (SSSR count). The van der Waals surface area contributed by atoms with Crippen molar-refractivity contribution in [1.82, 2.24) is 0 Å². The van der Waals surface area contributed by atoms with Gasteiger partial charge in [-0.15, -0.1) is 0 Å². The molecule has 178 valence electrons. The van der Waals surface area contributed by atoms with Gasteiger partial charge in [0.05, 0.1) is 24.4 Å². The third-order valence-electron chi connectivity index (χ3n) is 7.80. The van der Waals surface area contributed by atoms with Crippen molar-refractivity contribution in [2.45, 2.75) is 121 Å². The molecule has 0 aromatic carbocycles. The molecular formula is C21H42O6Si4. The average Bonchev–Trinajstić information content (AvgIpc) is 3.55. The van der Waals surface area contributed by atoms with E-state index in [9.17, 15) is 0 Å². The molecule has 0 bridgehead atoms. The van der Waals surface area contributed by atoms with Crippen molar-refractivity contribution in [3.63, 3.8) is 0 Å². The first-order chi connectivity index (χ1) is 14.6. The quantitative estimate of drug-likeness (QED) is 0.388. The van der Waals surface area contributed by atoms with Gasteiger partial charge < -0.3 is 25.9 Å². The van der Waals surface area contributed by atoms with Crippen molar-refractivity contribution in [1.29, 1.82) is 0 Å². The summed E-state index contributed by atoms with van der Waals surface area (Å²) in [4.78, 5) is 0. The summed E-state index contributed by atoms with van der Waals surface area (Å²) in [6.07, 6.45) is 12.2. The maximum absolute atomic E-state index is 6.85. The Morgan fingerprint density at radius 1 is 0.677 bits per heavy atom. The second-order valence-corrected chi connectivity index (χ2v) is 25.0. The molecule has 3 heterocycles. The fourth-order valence-electron chi connectivity index (χ4n) is 6.32. The van der Waals surface area contributed by atoms with Gasteiger partial charge in [-0.3, -0.25) is 0 Å². The molecule has 10 heteroatoms. The van der Waals surface area contributed by atoms with E-state index in [2.05, 4.69) is 32.7 Å². The van der Waals surface area contributed by atoms with Gasteiger partial charge in [-0.25, -0.2) is 0 Å². The summed E-state index contributed by atoms with van der Waals surface area (Å²) < 4.78 is 38.6. The monoisotopic (exact) mass is 502 g/mol. The molecule has 5 aliphatic rings. The Kier molecular flexibility index (Phi) is 6.55. The Morgan fingerprint density at radius 2 is 1.19 bits per heavy atom. The van der Waals surface area contributed by atoms with Crippen molar-refractivity contribution < 1.29 is 25.9 Å². The van der Waals surface area contributed by atoms with Crippen LogP contribution in [-0.4, -0.2) is 59.4 Å². The van der Waals surface area contributed by atoms with Crippen LogP contribution >= 0.6 is 0 Å². The van der Waals surface area contributed by atoms with Gasteiger partial charge in [0.25, 0.3) is 0 Å². The summed E-state index contributed by atoms with van der Waals surface area (Å²) in [5, 5.41) is 0. The molecule has 0 spiro atoms. The maximum atomic E-state index is 6.85. The van der Waals surface area contributed by atoms with Crippen molar-refractivity contribution in [2.75, 3.05) is 0 Å². The van der Waals surface area contributed by atoms with E-state index in [1.54, 1.807) is 0 Å². The van der Waals surface area contributed by atoms with Crippen LogP contribution in [0.3, 0.4) is 0 Å². The molecule has 6 atom stereocenters. The smallest absolute Gasteiger partial charge is 0.317 e. The van der Waals surface area contributed by atoms with Crippen LogP contribution in [0.15, 0.2) is 0 Å². The molecule has 2 saturated carbocycles. The van der Waals surface area contributed by atoms with Gasteiger partial charge in [-0.1, -0.05) is 0 Å². The number of hydrogen-bond donors (Lipinski definition) is 0. The number of ether oxygens (including phenoxy) is 2. The lowest BCUT2D eigenvalue weighted by atomic mass is 9.88. The molecule has 31 heavy (non-hydrogen) atoms. The highest BCUT2D eigenvalue weighted by Gasteiger charge is 2.51. The molecule has 3 aliphatic heterocycles. The van der Waals surface area contributed by atoms with E-state index in [0.29, 0.717) is 24.4 Å². The standard InChI is InChI=1S/C21H42O6Si4/c1-29(2)24-28(12-10-16-6-8-18-20(14-16)22-18)25-30(3,4)27-31(5,26-29)13-11-17-7-9-19-21(15-17)23-19/h16-21,28H,6-15H2,1-5H3. The fourth-order valence-corrected chi connectivity index (χ4v) is 25.6. The third-order valence-corrected chi connectivity index (χ3v) is 23.8. The van der Waals surface area contributed by atoms with Crippen molar-refractivity contribution >= 4 is 35.0 Å². The van der Waals surface area contributed by atoms with Crippen molar-refractivity contribution in [3.05, 3.63) is 0 Å². The largest absolute Gasteiger partial charge is 0.418 e. The Balaban J connectivity index is 1.16. The van der Waals surface area contributed by atoms with Gasteiger partial charge in [-0.05, 0) is 108 Å².